The number of nitrogens with one attached hydrogen (secondary N) is 1. The van der Waals surface area contributed by atoms with Crippen molar-refractivity contribution < 1.29 is 12.8 Å². The van der Waals surface area contributed by atoms with Crippen molar-refractivity contribution in [3.8, 4) is 0 Å². The Bertz CT molecular complexity index is 802. The lowest BCUT2D eigenvalue weighted by Gasteiger charge is -2.14. The number of sulfonamides is 1. The van der Waals surface area contributed by atoms with Crippen LogP contribution >= 0.6 is 0 Å². The van der Waals surface area contributed by atoms with E-state index in [1.54, 1.807) is 32.9 Å². The van der Waals surface area contributed by atoms with E-state index < -0.39 is 15.8 Å². The molecule has 0 unspecified atom stereocenters. The number of aryl methyl sites for hydroxylation is 2. The molecule has 0 fully saturated rings. The first-order chi connectivity index (χ1) is 9.70. The van der Waals surface area contributed by atoms with Crippen molar-refractivity contribution in [2.24, 2.45) is 0 Å². The van der Waals surface area contributed by atoms with E-state index in [0.717, 1.165) is 11.1 Å². The molecule has 21 heavy (non-hydrogen) atoms. The van der Waals surface area contributed by atoms with Gasteiger partial charge in [0.15, 0.2) is 0 Å². The molecule has 0 aliphatic carbocycles. The van der Waals surface area contributed by atoms with Crippen LogP contribution < -0.4 is 10.5 Å². The zero-order valence-corrected chi connectivity index (χ0v) is 12.9. The van der Waals surface area contributed by atoms with Gasteiger partial charge in [-0.3, -0.25) is 4.72 Å². The Morgan fingerprint density at radius 3 is 2.43 bits per heavy atom. The van der Waals surface area contributed by atoms with Gasteiger partial charge in [-0.25, -0.2) is 12.8 Å². The molecular formula is C15H17FN2O2S. The average Bonchev–Trinajstić information content (AvgIpc) is 2.37. The van der Waals surface area contributed by atoms with Gasteiger partial charge in [-0.05, 0) is 61.7 Å². The number of hydrogen-bond acceptors (Lipinski definition) is 3. The monoisotopic (exact) mass is 308 g/mol. The molecule has 0 saturated heterocycles. The summed E-state index contributed by atoms with van der Waals surface area (Å²) in [6, 6.07) is 7.31. The van der Waals surface area contributed by atoms with Gasteiger partial charge in [0, 0.05) is 5.69 Å². The Hall–Kier alpha value is -2.08. The molecule has 0 atom stereocenters. The van der Waals surface area contributed by atoms with E-state index in [1.807, 2.05) is 0 Å². The van der Waals surface area contributed by atoms with Crippen LogP contribution in [0.1, 0.15) is 16.7 Å². The van der Waals surface area contributed by atoms with E-state index in [-0.39, 0.29) is 10.6 Å². The van der Waals surface area contributed by atoms with Crippen LogP contribution in [-0.2, 0) is 10.0 Å². The SMILES string of the molecule is Cc1ccc(F)c(NS(=O)(=O)c2cc(N)cc(C)c2C)c1. The Balaban J connectivity index is 2.51. The van der Waals surface area contributed by atoms with Gasteiger partial charge in [0.2, 0.25) is 0 Å². The molecule has 0 aliphatic heterocycles. The lowest BCUT2D eigenvalue weighted by atomic mass is 10.1. The summed E-state index contributed by atoms with van der Waals surface area (Å²) in [5, 5.41) is 0. The summed E-state index contributed by atoms with van der Waals surface area (Å²) in [6.45, 7) is 5.22. The molecule has 0 radical (unpaired) electrons. The predicted molar refractivity (Wildman–Crippen MR) is 82.3 cm³/mol. The molecule has 0 spiro atoms. The zero-order chi connectivity index (χ0) is 15.8. The summed E-state index contributed by atoms with van der Waals surface area (Å²) in [6.07, 6.45) is 0. The maximum atomic E-state index is 13.7. The van der Waals surface area contributed by atoms with Crippen molar-refractivity contribution >= 4 is 21.4 Å². The number of halogens is 1. The molecule has 4 nitrogen and oxygen atoms in total. The first kappa shape index (κ1) is 15.3. The molecular weight excluding hydrogens is 291 g/mol. The van der Waals surface area contributed by atoms with Gasteiger partial charge in [-0.1, -0.05) is 6.07 Å². The summed E-state index contributed by atoms with van der Waals surface area (Å²) in [5.41, 5.74) is 8.09. The van der Waals surface area contributed by atoms with Gasteiger partial charge in [-0.2, -0.15) is 0 Å². The fourth-order valence-corrected chi connectivity index (χ4v) is 3.46. The van der Waals surface area contributed by atoms with Gasteiger partial charge in [0.05, 0.1) is 10.6 Å². The van der Waals surface area contributed by atoms with Crippen molar-refractivity contribution in [2.75, 3.05) is 10.5 Å². The molecule has 2 aromatic rings. The van der Waals surface area contributed by atoms with Crippen LogP contribution in [0.2, 0.25) is 0 Å². The van der Waals surface area contributed by atoms with Crippen LogP contribution in [0.4, 0.5) is 15.8 Å². The topological polar surface area (TPSA) is 72.2 Å². The molecule has 3 N–H and O–H groups in total. The molecule has 0 amide bonds. The zero-order valence-electron chi connectivity index (χ0n) is 12.1. The summed E-state index contributed by atoms with van der Waals surface area (Å²) in [5.74, 6) is -0.623. The second-order valence-electron chi connectivity index (χ2n) is 5.05. The standard InChI is InChI=1S/C15H17FN2O2S/c1-9-4-5-13(16)14(6-9)18-21(19,20)15-8-12(17)7-10(2)11(15)3/h4-8,18H,17H2,1-3H3. The number of rotatable bonds is 3. The number of benzene rings is 2. The Kier molecular flexibility index (Phi) is 3.91. The van der Waals surface area contributed by atoms with Crippen molar-refractivity contribution in [3.63, 3.8) is 0 Å². The Morgan fingerprint density at radius 2 is 1.76 bits per heavy atom. The lowest BCUT2D eigenvalue weighted by Crippen LogP contribution is -2.16. The molecule has 2 aromatic carbocycles. The number of nitrogens with two attached hydrogens (primary N) is 1. The third-order valence-corrected chi connectivity index (χ3v) is 4.79. The van der Waals surface area contributed by atoms with Crippen molar-refractivity contribution in [2.45, 2.75) is 25.7 Å². The molecule has 2 rings (SSSR count). The van der Waals surface area contributed by atoms with Gasteiger partial charge >= 0.3 is 0 Å². The fraction of sp³-hybridized carbons (Fsp3) is 0.200. The minimum atomic E-state index is -3.90. The van der Waals surface area contributed by atoms with Gasteiger partial charge in [-0.15, -0.1) is 0 Å². The molecule has 6 heteroatoms. The smallest absolute Gasteiger partial charge is 0.262 e. The normalized spacial score (nSPS) is 11.4. The van der Waals surface area contributed by atoms with Gasteiger partial charge in [0.25, 0.3) is 10.0 Å². The highest BCUT2D eigenvalue weighted by molar-refractivity contribution is 7.92. The third kappa shape index (κ3) is 3.16. The fourth-order valence-electron chi connectivity index (χ4n) is 2.05. The predicted octanol–water partition coefficient (Wildman–Crippen LogP) is 3.13. The van der Waals surface area contributed by atoms with E-state index in [1.165, 1.54) is 18.2 Å². The van der Waals surface area contributed by atoms with Crippen molar-refractivity contribution in [1.82, 2.24) is 0 Å². The van der Waals surface area contributed by atoms with Crippen molar-refractivity contribution in [3.05, 3.63) is 52.8 Å². The number of anilines is 2. The minimum Gasteiger partial charge on any atom is -0.399 e. The summed E-state index contributed by atoms with van der Waals surface area (Å²) < 4.78 is 40.9. The van der Waals surface area contributed by atoms with Crippen LogP contribution in [0.5, 0.6) is 0 Å². The molecule has 0 aromatic heterocycles. The largest absolute Gasteiger partial charge is 0.399 e. The van der Waals surface area contributed by atoms with Gasteiger partial charge in [0.1, 0.15) is 5.82 Å². The van der Waals surface area contributed by atoms with E-state index >= 15 is 0 Å². The van der Waals surface area contributed by atoms with Crippen LogP contribution in [0.3, 0.4) is 0 Å². The average molecular weight is 308 g/mol. The molecule has 0 heterocycles. The van der Waals surface area contributed by atoms with E-state index in [2.05, 4.69) is 4.72 Å². The second-order valence-corrected chi connectivity index (χ2v) is 6.70. The van der Waals surface area contributed by atoms with E-state index in [4.69, 9.17) is 5.73 Å². The van der Waals surface area contributed by atoms with E-state index in [0.29, 0.717) is 11.3 Å². The molecule has 0 saturated carbocycles. The first-order valence-electron chi connectivity index (χ1n) is 6.36. The molecule has 0 aliphatic rings. The Morgan fingerprint density at radius 1 is 1.10 bits per heavy atom. The highest BCUT2D eigenvalue weighted by Gasteiger charge is 2.20. The molecule has 0 bridgehead atoms. The minimum absolute atomic E-state index is 0.0564. The maximum absolute atomic E-state index is 13.7. The first-order valence-corrected chi connectivity index (χ1v) is 7.85. The van der Waals surface area contributed by atoms with Crippen LogP contribution in [0.25, 0.3) is 0 Å². The van der Waals surface area contributed by atoms with Crippen molar-refractivity contribution in [1.29, 1.82) is 0 Å². The summed E-state index contributed by atoms with van der Waals surface area (Å²) in [4.78, 5) is 0.0564. The quantitative estimate of drug-likeness (QED) is 0.856. The van der Waals surface area contributed by atoms with Crippen LogP contribution in [0.15, 0.2) is 35.2 Å². The molecule has 112 valence electrons. The number of nitrogen functional groups attached to an aromatic ring is 1. The van der Waals surface area contributed by atoms with Gasteiger partial charge < -0.3 is 5.73 Å². The highest BCUT2D eigenvalue weighted by atomic mass is 32.2. The second kappa shape index (κ2) is 5.37. The number of hydrogen-bond donors (Lipinski definition) is 2. The lowest BCUT2D eigenvalue weighted by molar-refractivity contribution is 0.598. The highest BCUT2D eigenvalue weighted by Crippen LogP contribution is 2.26. The Labute approximate surface area is 123 Å². The van der Waals surface area contributed by atoms with Crippen LogP contribution in [-0.4, -0.2) is 8.42 Å². The van der Waals surface area contributed by atoms with Crippen LogP contribution in [0, 0.1) is 26.6 Å². The maximum Gasteiger partial charge on any atom is 0.262 e. The third-order valence-electron chi connectivity index (χ3n) is 3.30. The summed E-state index contributed by atoms with van der Waals surface area (Å²) in [7, 11) is -3.90. The van der Waals surface area contributed by atoms with E-state index in [9.17, 15) is 12.8 Å². The summed E-state index contributed by atoms with van der Waals surface area (Å²) >= 11 is 0.